The predicted octanol–water partition coefficient (Wildman–Crippen LogP) is 10.00. The van der Waals surface area contributed by atoms with E-state index < -0.39 is 0 Å². The number of hydrogen-bond acceptors (Lipinski definition) is 1. The van der Waals surface area contributed by atoms with Crippen LogP contribution in [0, 0.1) is 0 Å². The lowest BCUT2D eigenvalue weighted by atomic mass is 10.0. The summed E-state index contributed by atoms with van der Waals surface area (Å²) in [6.07, 6.45) is 13.0. The van der Waals surface area contributed by atoms with Crippen LogP contribution in [-0.2, 0) is 10.7 Å². The Hall–Kier alpha value is -3.14. The number of halogens is 2. The molecule has 0 aliphatic heterocycles. The van der Waals surface area contributed by atoms with Gasteiger partial charge in [0, 0.05) is 10.7 Å². The van der Waals surface area contributed by atoms with Gasteiger partial charge in [-0.15, -0.1) is 0 Å². The second-order valence-corrected chi connectivity index (χ2v) is 9.58. The fraction of sp³-hybridized carbons (Fsp3) is 0.0909. The first-order valence-corrected chi connectivity index (χ1v) is 14.0. The van der Waals surface area contributed by atoms with Gasteiger partial charge in [0.25, 0.3) is 0 Å². The minimum atomic E-state index is 0.861. The van der Waals surface area contributed by atoms with Crippen molar-refractivity contribution >= 4 is 68.3 Å². The molecule has 0 saturated heterocycles. The topological polar surface area (TPSA) is 9.23 Å². The highest BCUT2D eigenvalue weighted by atomic mass is 79.9. The van der Waals surface area contributed by atoms with E-state index in [9.17, 15) is 0 Å². The summed E-state index contributed by atoms with van der Waals surface area (Å²) < 4.78 is 5.27. The van der Waals surface area contributed by atoms with E-state index in [2.05, 4.69) is 147 Å². The van der Waals surface area contributed by atoms with Crippen LogP contribution in [0.25, 0.3) is 36.5 Å². The van der Waals surface area contributed by atoms with Crippen LogP contribution in [0.3, 0.4) is 0 Å². The number of hydrogen-bond donors (Lipinski definition) is 0. The molecule has 1 nitrogen and oxygen atoms in total. The number of alkyl halides is 2. The zero-order valence-corrected chi connectivity index (χ0v) is 23.4. The van der Waals surface area contributed by atoms with Crippen molar-refractivity contribution in [3.63, 3.8) is 0 Å². The Morgan fingerprint density at radius 2 is 0.778 bits per heavy atom. The maximum Gasteiger partial charge on any atom is 0.118 e. The van der Waals surface area contributed by atoms with Gasteiger partial charge in [-0.3, -0.25) is 0 Å². The molecule has 4 aromatic rings. The standard InChI is InChI=1S/C33H28Br2O/c1-36-33-18-16-27(17-19-33)8-15-32-21-30(13-6-25-2-9-28(23-34)10-3-25)20-31(22-32)14-7-26-4-11-29(24-35)12-5-26/h2-22H,23-24H2,1H3/b13-6+,14-7+,15-8+. The largest absolute Gasteiger partial charge is 0.497 e. The molecule has 4 rings (SSSR count). The van der Waals surface area contributed by atoms with Crippen molar-refractivity contribution in [1.29, 1.82) is 0 Å². The summed E-state index contributed by atoms with van der Waals surface area (Å²) in [6, 6.07) is 31.9. The van der Waals surface area contributed by atoms with E-state index in [4.69, 9.17) is 4.74 Å². The van der Waals surface area contributed by atoms with Gasteiger partial charge in [0.2, 0.25) is 0 Å². The van der Waals surface area contributed by atoms with E-state index in [1.54, 1.807) is 7.11 Å². The van der Waals surface area contributed by atoms with Gasteiger partial charge in [0.05, 0.1) is 7.11 Å². The predicted molar refractivity (Wildman–Crippen MR) is 164 cm³/mol. The van der Waals surface area contributed by atoms with Crippen LogP contribution < -0.4 is 4.74 Å². The van der Waals surface area contributed by atoms with Gasteiger partial charge in [0.15, 0.2) is 0 Å². The van der Waals surface area contributed by atoms with E-state index in [0.717, 1.165) is 38.7 Å². The molecule has 3 heteroatoms. The van der Waals surface area contributed by atoms with Crippen LogP contribution >= 0.6 is 31.9 Å². The normalized spacial score (nSPS) is 11.6. The summed E-state index contributed by atoms with van der Waals surface area (Å²) in [5.74, 6) is 0.861. The second kappa shape index (κ2) is 13.2. The Morgan fingerprint density at radius 1 is 0.472 bits per heavy atom. The molecule has 0 fully saturated rings. The molecule has 0 N–H and O–H groups in total. The Balaban J connectivity index is 1.62. The molecular weight excluding hydrogens is 572 g/mol. The van der Waals surface area contributed by atoms with E-state index >= 15 is 0 Å². The molecule has 0 aliphatic carbocycles. The lowest BCUT2D eigenvalue weighted by molar-refractivity contribution is 0.415. The molecule has 0 spiro atoms. The zero-order chi connectivity index (χ0) is 25.2. The molecule has 0 radical (unpaired) electrons. The van der Waals surface area contributed by atoms with Crippen molar-refractivity contribution in [3.05, 3.63) is 136 Å². The molecule has 0 saturated carbocycles. The quantitative estimate of drug-likeness (QED) is 0.137. The lowest BCUT2D eigenvalue weighted by Crippen LogP contribution is -1.83. The first-order chi connectivity index (χ1) is 17.6. The molecule has 0 aromatic heterocycles. The third-order valence-electron chi connectivity index (χ3n) is 5.79. The third-order valence-corrected chi connectivity index (χ3v) is 7.08. The van der Waals surface area contributed by atoms with Crippen molar-refractivity contribution in [2.75, 3.05) is 7.11 Å². The van der Waals surface area contributed by atoms with E-state index in [1.165, 1.54) is 22.3 Å². The fourth-order valence-electron chi connectivity index (χ4n) is 3.72. The molecule has 0 bridgehead atoms. The molecule has 4 aromatic carbocycles. The van der Waals surface area contributed by atoms with Crippen molar-refractivity contribution in [3.8, 4) is 5.75 Å². The number of benzene rings is 4. The monoisotopic (exact) mass is 598 g/mol. The van der Waals surface area contributed by atoms with Gasteiger partial charge in [-0.05, 0) is 74.8 Å². The first-order valence-electron chi connectivity index (χ1n) is 11.8. The van der Waals surface area contributed by atoms with Crippen LogP contribution in [0.15, 0.2) is 91.0 Å². The first kappa shape index (κ1) is 25.9. The average molecular weight is 600 g/mol. The summed E-state index contributed by atoms with van der Waals surface area (Å²) in [7, 11) is 1.69. The number of rotatable bonds is 9. The smallest absolute Gasteiger partial charge is 0.118 e. The SMILES string of the molecule is COc1ccc(/C=C/c2cc(/C=C/c3ccc(CBr)cc3)cc(/C=C/c3ccc(CBr)cc3)c2)cc1. The van der Waals surface area contributed by atoms with E-state index in [0.29, 0.717) is 0 Å². The van der Waals surface area contributed by atoms with Crippen molar-refractivity contribution in [2.45, 2.75) is 10.7 Å². The Bertz CT molecular complexity index is 1160. The third kappa shape index (κ3) is 7.68. The summed E-state index contributed by atoms with van der Waals surface area (Å²) in [4.78, 5) is 0. The van der Waals surface area contributed by atoms with Crippen LogP contribution in [0.4, 0.5) is 0 Å². The molecule has 180 valence electrons. The average Bonchev–Trinajstić information content (AvgIpc) is 2.94. The summed E-state index contributed by atoms with van der Waals surface area (Å²) in [5.41, 5.74) is 9.51. The van der Waals surface area contributed by atoms with Crippen molar-refractivity contribution in [1.82, 2.24) is 0 Å². The molecule has 36 heavy (non-hydrogen) atoms. The molecule has 0 heterocycles. The molecular formula is C33H28Br2O. The number of ether oxygens (including phenoxy) is 1. The van der Waals surface area contributed by atoms with Crippen LogP contribution in [0.1, 0.15) is 44.5 Å². The van der Waals surface area contributed by atoms with Gasteiger partial charge in [-0.2, -0.15) is 0 Å². The minimum absolute atomic E-state index is 0.861. The minimum Gasteiger partial charge on any atom is -0.497 e. The maximum atomic E-state index is 5.27. The van der Waals surface area contributed by atoms with Crippen LogP contribution in [-0.4, -0.2) is 7.11 Å². The molecule has 0 unspecified atom stereocenters. The van der Waals surface area contributed by atoms with Gasteiger partial charge >= 0.3 is 0 Å². The second-order valence-electron chi connectivity index (χ2n) is 8.46. The highest BCUT2D eigenvalue weighted by molar-refractivity contribution is 9.08. The van der Waals surface area contributed by atoms with Crippen LogP contribution in [0.2, 0.25) is 0 Å². The van der Waals surface area contributed by atoms with Gasteiger partial charge < -0.3 is 4.74 Å². The highest BCUT2D eigenvalue weighted by Crippen LogP contribution is 2.20. The van der Waals surface area contributed by atoms with Crippen LogP contribution in [0.5, 0.6) is 5.75 Å². The fourth-order valence-corrected chi connectivity index (χ4v) is 4.47. The van der Waals surface area contributed by atoms with Gasteiger partial charge in [0.1, 0.15) is 5.75 Å². The zero-order valence-electron chi connectivity index (χ0n) is 20.2. The van der Waals surface area contributed by atoms with Crippen molar-refractivity contribution in [2.24, 2.45) is 0 Å². The Labute approximate surface area is 231 Å². The van der Waals surface area contributed by atoms with E-state index in [1.807, 2.05) is 12.1 Å². The Kier molecular flexibility index (Phi) is 9.54. The summed E-state index contributed by atoms with van der Waals surface area (Å²) in [6.45, 7) is 0. The lowest BCUT2D eigenvalue weighted by Gasteiger charge is -2.04. The Morgan fingerprint density at radius 3 is 1.08 bits per heavy atom. The van der Waals surface area contributed by atoms with Gasteiger partial charge in [-0.1, -0.05) is 129 Å². The van der Waals surface area contributed by atoms with Crippen molar-refractivity contribution < 1.29 is 4.74 Å². The molecule has 0 amide bonds. The molecule has 0 atom stereocenters. The van der Waals surface area contributed by atoms with E-state index in [-0.39, 0.29) is 0 Å². The van der Waals surface area contributed by atoms with Gasteiger partial charge in [-0.25, -0.2) is 0 Å². The summed E-state index contributed by atoms with van der Waals surface area (Å²) >= 11 is 7.02. The summed E-state index contributed by atoms with van der Waals surface area (Å²) in [5, 5.41) is 1.74. The maximum absolute atomic E-state index is 5.27. The molecule has 0 aliphatic rings. The highest BCUT2D eigenvalue weighted by Gasteiger charge is 1.99. The number of methoxy groups -OCH3 is 1.